The fourth-order valence-electron chi connectivity index (χ4n) is 5.31. The average molecular weight is 653 g/mol. The number of hydrogen-bond donors (Lipinski definition) is 8. The number of primary amides is 1. The van der Waals surface area contributed by atoms with Crippen molar-refractivity contribution in [3.05, 3.63) is 37.7 Å². The molecule has 0 heterocycles. The van der Waals surface area contributed by atoms with E-state index in [1.165, 1.54) is 4.90 Å². The number of aliphatic hydroxyl groups excluding tert-OH is 2. The minimum atomic E-state index is -4.67. The molecule has 0 aromatic heterocycles. The number of nitrogen functional groups attached to an aromatic ring is 1. The largest absolute Gasteiger partial charge is 0.508 e. The molecule has 3 unspecified atom stereocenters. The zero-order chi connectivity index (χ0) is 28.4. The topological polar surface area (TPSA) is 262 Å². The quantitative estimate of drug-likeness (QED) is 0.0659. The molecule has 0 spiro atoms. The van der Waals surface area contributed by atoms with Gasteiger partial charge in [0.15, 0.2) is 11.4 Å². The van der Waals surface area contributed by atoms with Gasteiger partial charge in [0.1, 0.15) is 22.8 Å². The molecule has 0 radical (unpaired) electrons. The number of likely N-dealkylation sites (N-methyl/N-ethyl adjacent to an activating group) is 1. The third-order valence-electron chi connectivity index (χ3n) is 6.71. The number of phenolic OH excluding ortho intramolecular Hbond substituents is 1. The number of ketones is 2. The summed E-state index contributed by atoms with van der Waals surface area (Å²) in [5.41, 5.74) is 8.48. The van der Waals surface area contributed by atoms with Crippen LogP contribution in [0.2, 0.25) is 0 Å². The van der Waals surface area contributed by atoms with E-state index in [9.17, 15) is 34.8 Å². The van der Waals surface area contributed by atoms with Crippen molar-refractivity contribution in [3.8, 4) is 5.75 Å². The molecule has 202 valence electrons. The van der Waals surface area contributed by atoms with Crippen LogP contribution in [0.1, 0.15) is 17.5 Å². The van der Waals surface area contributed by atoms with Crippen LogP contribution in [-0.2, 0) is 31.2 Å². The summed E-state index contributed by atoms with van der Waals surface area (Å²) >= 11 is 1.84. The Labute approximate surface area is 224 Å². The van der Waals surface area contributed by atoms with Gasteiger partial charge in [-0.05, 0) is 67.1 Å². The molecule has 16 heteroatoms. The van der Waals surface area contributed by atoms with Crippen molar-refractivity contribution >= 4 is 61.9 Å². The summed E-state index contributed by atoms with van der Waals surface area (Å²) in [5.74, 6) is -6.78. The minimum Gasteiger partial charge on any atom is -0.508 e. The van der Waals surface area contributed by atoms with Crippen molar-refractivity contribution in [1.82, 2.24) is 4.90 Å². The number of benzene rings is 1. The number of nitrogens with two attached hydrogens (primary N) is 2. The zero-order valence-corrected chi connectivity index (χ0v) is 22.3. The highest BCUT2D eigenvalue weighted by Crippen LogP contribution is 2.53. The maximum atomic E-state index is 13.6. The molecule has 0 saturated heterocycles. The smallest absolute Gasteiger partial charge is 0.394 e. The Bertz CT molecular complexity index is 1390. The summed E-state index contributed by atoms with van der Waals surface area (Å²) < 4.78 is 31.9. The molecule has 14 nitrogen and oxygen atoms in total. The lowest BCUT2D eigenvalue weighted by molar-refractivity contribution is -0.153. The highest BCUT2D eigenvalue weighted by molar-refractivity contribution is 14.1. The maximum absolute atomic E-state index is 13.6. The summed E-state index contributed by atoms with van der Waals surface area (Å²) in [7, 11) is -1.57. The first kappa shape index (κ1) is 28.8. The monoisotopic (exact) mass is 653 g/mol. The van der Waals surface area contributed by atoms with Crippen molar-refractivity contribution in [3.63, 3.8) is 0 Å². The van der Waals surface area contributed by atoms with E-state index in [1.807, 2.05) is 22.6 Å². The fourth-order valence-corrected chi connectivity index (χ4v) is 5.91. The Balaban J connectivity index is 0.000000695. The average Bonchev–Trinajstić information content (AvgIpc) is 2.73. The molecular formula is C21H24IN3O11S. The second kappa shape index (κ2) is 9.52. The zero-order valence-electron chi connectivity index (χ0n) is 19.3. The van der Waals surface area contributed by atoms with E-state index < -0.39 is 68.4 Å². The molecule has 0 bridgehead atoms. The first-order chi connectivity index (χ1) is 16.8. The second-order valence-corrected chi connectivity index (χ2v) is 11.1. The summed E-state index contributed by atoms with van der Waals surface area (Å²) in [6.07, 6.45) is 0.197. The van der Waals surface area contributed by atoms with Gasteiger partial charge in [-0.3, -0.25) is 28.4 Å². The molecule has 4 rings (SSSR count). The number of carbonyl (C=O) groups excluding carboxylic acids is 3. The van der Waals surface area contributed by atoms with Gasteiger partial charge in [-0.2, -0.15) is 8.42 Å². The molecule has 1 aromatic carbocycles. The highest BCUT2D eigenvalue weighted by Gasteiger charge is 2.64. The van der Waals surface area contributed by atoms with Gasteiger partial charge < -0.3 is 31.9 Å². The van der Waals surface area contributed by atoms with E-state index in [-0.39, 0.29) is 29.7 Å². The number of nitrogens with zero attached hydrogens (tertiary/aromatic N) is 1. The number of carbonyl (C=O) groups is 3. The molecule has 1 aromatic rings. The Hall–Kier alpha value is -2.77. The molecular weight excluding hydrogens is 629 g/mol. The van der Waals surface area contributed by atoms with Crippen LogP contribution in [0.3, 0.4) is 0 Å². The molecule has 1 amide bonds. The first-order valence-electron chi connectivity index (χ1n) is 10.5. The number of aromatic hydroxyl groups is 1. The maximum Gasteiger partial charge on any atom is 0.394 e. The third-order valence-corrected chi connectivity index (χ3v) is 7.53. The van der Waals surface area contributed by atoms with Crippen LogP contribution in [0, 0.1) is 15.4 Å². The van der Waals surface area contributed by atoms with Crippen molar-refractivity contribution in [2.75, 3.05) is 19.8 Å². The molecule has 10 N–H and O–H groups in total. The molecule has 1 saturated carbocycles. The van der Waals surface area contributed by atoms with Crippen molar-refractivity contribution in [2.24, 2.45) is 17.6 Å². The number of anilines is 1. The lowest BCUT2D eigenvalue weighted by atomic mass is 9.57. The standard InChI is InChI=1S/C21H22IN3O7.H2O4S/c1-25(2)14-8-4-6-3-7-10(23)5-9(22)15(26)12(7)16(27)11(6)18(29)21(8,32)19(30)13(17(14)28)20(24)31;1-5(2,3)4/h5-6,8,14,26-27,30,32H,3-4,23H2,1-2H3,(H2,24,31);(H2,1,2,3,4)/t6?,8?,14-,21?;/m0./s1. The Morgan fingerprint density at radius 2 is 1.73 bits per heavy atom. The SMILES string of the molecule is CN(C)[C@@H]1C(=O)C(C(N)=O)=C(O)C2(O)C(=O)C3=C(O)c4c(O)c(I)cc(N)c4CC3CC12.O=S(=O)(O)O. The van der Waals surface area contributed by atoms with Gasteiger partial charge in [0, 0.05) is 17.2 Å². The van der Waals surface area contributed by atoms with Gasteiger partial charge >= 0.3 is 10.4 Å². The predicted molar refractivity (Wildman–Crippen MR) is 136 cm³/mol. The Morgan fingerprint density at radius 3 is 2.22 bits per heavy atom. The molecule has 1 fully saturated rings. The summed E-state index contributed by atoms with van der Waals surface area (Å²) in [6, 6.07) is 0.434. The number of Topliss-reactive ketones (excluding diaryl/α,β-unsaturated/α-hetero) is 2. The molecule has 3 aliphatic rings. The van der Waals surface area contributed by atoms with Gasteiger partial charge in [0.25, 0.3) is 5.91 Å². The predicted octanol–water partition coefficient (Wildman–Crippen LogP) is -0.502. The van der Waals surface area contributed by atoms with Gasteiger partial charge in [0.05, 0.1) is 15.2 Å². The first-order valence-corrected chi connectivity index (χ1v) is 13.0. The van der Waals surface area contributed by atoms with Crippen molar-refractivity contribution in [2.45, 2.75) is 24.5 Å². The fraction of sp³-hybridized carbons (Fsp3) is 0.381. The molecule has 3 aliphatic carbocycles. The lowest BCUT2D eigenvalue weighted by Gasteiger charge is -2.50. The van der Waals surface area contributed by atoms with E-state index in [2.05, 4.69) is 0 Å². The van der Waals surface area contributed by atoms with Crippen LogP contribution in [0.15, 0.2) is 23.0 Å². The summed E-state index contributed by atoms with van der Waals surface area (Å²) in [6.45, 7) is 0. The number of rotatable bonds is 2. The van der Waals surface area contributed by atoms with Gasteiger partial charge in [-0.15, -0.1) is 0 Å². The minimum absolute atomic E-state index is 0.00862. The van der Waals surface area contributed by atoms with Crippen LogP contribution in [-0.4, -0.2) is 86.1 Å². The number of aliphatic hydroxyl groups is 3. The van der Waals surface area contributed by atoms with E-state index in [0.717, 1.165) is 0 Å². The van der Waals surface area contributed by atoms with Crippen LogP contribution in [0.4, 0.5) is 5.69 Å². The summed E-state index contributed by atoms with van der Waals surface area (Å²) in [5, 5.41) is 43.8. The number of fused-ring (bicyclic) bond motifs is 3. The number of halogens is 1. The molecule has 0 aliphatic heterocycles. The summed E-state index contributed by atoms with van der Waals surface area (Å²) in [4.78, 5) is 40.0. The van der Waals surface area contributed by atoms with E-state index in [0.29, 0.717) is 14.8 Å². The molecule has 4 atom stereocenters. The normalized spacial score (nSPS) is 27.3. The number of phenols is 1. The van der Waals surface area contributed by atoms with E-state index >= 15 is 0 Å². The Morgan fingerprint density at radius 1 is 1.19 bits per heavy atom. The highest BCUT2D eigenvalue weighted by atomic mass is 127. The number of hydrogen-bond acceptors (Lipinski definition) is 11. The van der Waals surface area contributed by atoms with Crippen LogP contribution in [0.5, 0.6) is 5.75 Å². The van der Waals surface area contributed by atoms with Gasteiger partial charge in [0.2, 0.25) is 5.78 Å². The number of amides is 1. The van der Waals surface area contributed by atoms with Gasteiger partial charge in [-0.25, -0.2) is 0 Å². The van der Waals surface area contributed by atoms with Crippen LogP contribution >= 0.6 is 22.6 Å². The molecule has 37 heavy (non-hydrogen) atoms. The van der Waals surface area contributed by atoms with Crippen LogP contribution in [0.25, 0.3) is 5.76 Å². The third kappa shape index (κ3) is 4.68. The van der Waals surface area contributed by atoms with E-state index in [1.54, 1.807) is 20.2 Å². The Kier molecular flexibility index (Phi) is 7.41. The van der Waals surface area contributed by atoms with E-state index in [4.69, 9.17) is 29.0 Å². The van der Waals surface area contributed by atoms with Gasteiger partial charge in [-0.1, -0.05) is 0 Å². The second-order valence-electron chi connectivity index (χ2n) is 9.06. The van der Waals surface area contributed by atoms with Crippen LogP contribution < -0.4 is 11.5 Å². The van der Waals surface area contributed by atoms with Crippen molar-refractivity contribution in [1.29, 1.82) is 0 Å². The van der Waals surface area contributed by atoms with Crippen molar-refractivity contribution < 1.29 is 52.3 Å². The lowest BCUT2D eigenvalue weighted by Crippen LogP contribution is -2.65.